The first-order chi connectivity index (χ1) is 16.6. The van der Waals surface area contributed by atoms with Crippen LogP contribution in [0, 0.1) is 35.3 Å². The van der Waals surface area contributed by atoms with E-state index < -0.39 is 11.6 Å². The van der Waals surface area contributed by atoms with Crippen molar-refractivity contribution in [3.8, 4) is 23.7 Å². The largest absolute Gasteiger partial charge is 0.206 e. The van der Waals surface area contributed by atoms with Gasteiger partial charge in [0, 0.05) is 17.5 Å². The molecule has 3 aromatic carbocycles. The summed E-state index contributed by atoms with van der Waals surface area (Å²) in [6.07, 6.45) is 5.63. The van der Waals surface area contributed by atoms with Gasteiger partial charge in [-0.25, -0.2) is 8.78 Å². The van der Waals surface area contributed by atoms with Crippen molar-refractivity contribution in [2.45, 2.75) is 52.4 Å². The molecule has 0 aliphatic carbocycles. The monoisotopic (exact) mass is 454 g/mol. The molecule has 0 fully saturated rings. The fraction of sp³-hybridized carbons (Fsp3) is 0.267. The van der Waals surface area contributed by atoms with Crippen molar-refractivity contribution in [3.63, 3.8) is 0 Å². The van der Waals surface area contributed by atoms with Crippen LogP contribution in [0.4, 0.5) is 20.2 Å². The first-order valence-electron chi connectivity index (χ1n) is 11.7. The molecule has 0 spiro atoms. The Morgan fingerprint density at radius 2 is 1.24 bits per heavy atom. The quantitative estimate of drug-likeness (QED) is 0.194. The van der Waals surface area contributed by atoms with Crippen LogP contribution in [0.15, 0.2) is 70.9 Å². The van der Waals surface area contributed by atoms with Gasteiger partial charge in [0.15, 0.2) is 0 Å². The van der Waals surface area contributed by atoms with Gasteiger partial charge in [-0.2, -0.15) is 10.2 Å². The minimum absolute atomic E-state index is 0.203. The Morgan fingerprint density at radius 1 is 0.676 bits per heavy atom. The maximum atomic E-state index is 14.4. The van der Waals surface area contributed by atoms with E-state index >= 15 is 0 Å². The predicted octanol–water partition coefficient (Wildman–Crippen LogP) is 8.66. The molecule has 2 nitrogen and oxygen atoms in total. The van der Waals surface area contributed by atoms with Crippen LogP contribution in [0.1, 0.15) is 68.2 Å². The number of aryl methyl sites for hydroxylation is 1. The highest BCUT2D eigenvalue weighted by Gasteiger charge is 2.09. The Kier molecular flexibility index (Phi) is 9.56. The van der Waals surface area contributed by atoms with Crippen molar-refractivity contribution in [1.29, 1.82) is 0 Å². The maximum Gasteiger partial charge on any atom is 0.142 e. The van der Waals surface area contributed by atoms with Crippen molar-refractivity contribution in [3.05, 3.63) is 94.6 Å². The van der Waals surface area contributed by atoms with Crippen LogP contribution in [-0.4, -0.2) is 0 Å². The minimum atomic E-state index is -0.619. The van der Waals surface area contributed by atoms with Gasteiger partial charge in [-0.15, -0.1) is 0 Å². The average Bonchev–Trinajstić information content (AvgIpc) is 2.84. The van der Waals surface area contributed by atoms with Gasteiger partial charge in [0.25, 0.3) is 0 Å². The van der Waals surface area contributed by atoms with Gasteiger partial charge in [0.2, 0.25) is 0 Å². The molecule has 0 aliphatic heterocycles. The molecule has 0 saturated heterocycles. The number of azo groups is 1. The van der Waals surface area contributed by atoms with Crippen molar-refractivity contribution in [1.82, 2.24) is 0 Å². The van der Waals surface area contributed by atoms with E-state index in [4.69, 9.17) is 0 Å². The van der Waals surface area contributed by atoms with Crippen LogP contribution < -0.4 is 0 Å². The molecular weight excluding hydrogens is 426 g/mol. The molecule has 4 heteroatoms. The maximum absolute atomic E-state index is 14.4. The first-order valence-corrected chi connectivity index (χ1v) is 11.7. The lowest BCUT2D eigenvalue weighted by Crippen LogP contribution is -1.95. The van der Waals surface area contributed by atoms with Gasteiger partial charge in [-0.05, 0) is 85.5 Å². The third-order valence-electron chi connectivity index (χ3n) is 5.13. The molecule has 0 saturated carbocycles. The standard InChI is InChI=1S/C30H28F2N2/c1-3-5-7-9-23-11-16-26(17-12-23)33-34-27-18-13-24(14-19-27)15-20-28-29(31)21-25(22-30(28)32)10-8-6-4-2/h11-14,16-19,21-22H,3-6,8,10H2,1-2H3. The number of rotatable bonds is 7. The molecule has 34 heavy (non-hydrogen) atoms. The molecule has 0 atom stereocenters. The van der Waals surface area contributed by atoms with E-state index in [0.717, 1.165) is 43.4 Å². The number of nitrogens with zero attached hydrogens (tertiary/aromatic N) is 2. The summed E-state index contributed by atoms with van der Waals surface area (Å²) in [4.78, 5) is 0. The van der Waals surface area contributed by atoms with E-state index in [2.05, 4.69) is 47.8 Å². The van der Waals surface area contributed by atoms with Crippen molar-refractivity contribution in [2.24, 2.45) is 10.2 Å². The van der Waals surface area contributed by atoms with Crippen LogP contribution in [0.2, 0.25) is 0 Å². The molecule has 0 amide bonds. The molecule has 0 heterocycles. The molecule has 0 aliphatic rings. The number of unbranched alkanes of at least 4 members (excludes halogenated alkanes) is 3. The summed E-state index contributed by atoms with van der Waals surface area (Å²) in [6.45, 7) is 4.20. The second-order valence-corrected chi connectivity index (χ2v) is 7.99. The van der Waals surface area contributed by atoms with E-state index in [0.29, 0.717) is 23.2 Å². The summed E-state index contributed by atoms with van der Waals surface area (Å²) >= 11 is 0. The highest BCUT2D eigenvalue weighted by Crippen LogP contribution is 2.20. The van der Waals surface area contributed by atoms with E-state index in [1.807, 2.05) is 24.3 Å². The van der Waals surface area contributed by atoms with Gasteiger partial charge < -0.3 is 0 Å². The van der Waals surface area contributed by atoms with Crippen molar-refractivity contribution >= 4 is 11.4 Å². The molecule has 0 unspecified atom stereocenters. The minimum Gasteiger partial charge on any atom is -0.206 e. The van der Waals surface area contributed by atoms with Crippen LogP contribution >= 0.6 is 0 Å². The first kappa shape index (κ1) is 24.9. The third-order valence-corrected chi connectivity index (χ3v) is 5.13. The molecule has 172 valence electrons. The zero-order valence-corrected chi connectivity index (χ0v) is 19.7. The molecular formula is C30H28F2N2. The predicted molar refractivity (Wildman–Crippen MR) is 134 cm³/mol. The highest BCUT2D eigenvalue weighted by molar-refractivity contribution is 5.49. The van der Waals surface area contributed by atoms with Gasteiger partial charge >= 0.3 is 0 Å². The molecule has 0 N–H and O–H groups in total. The van der Waals surface area contributed by atoms with E-state index in [1.165, 1.54) is 12.1 Å². The lowest BCUT2D eigenvalue weighted by molar-refractivity contribution is 0.572. The van der Waals surface area contributed by atoms with E-state index in [1.54, 1.807) is 24.3 Å². The summed E-state index contributed by atoms with van der Waals surface area (Å²) in [5.74, 6) is 10.4. The zero-order valence-electron chi connectivity index (χ0n) is 19.7. The molecule has 0 aromatic heterocycles. The van der Waals surface area contributed by atoms with Crippen LogP contribution in [0.3, 0.4) is 0 Å². The number of hydrogen-bond acceptors (Lipinski definition) is 2. The second-order valence-electron chi connectivity index (χ2n) is 7.99. The van der Waals surface area contributed by atoms with E-state index in [-0.39, 0.29) is 5.56 Å². The van der Waals surface area contributed by atoms with Gasteiger partial charge in [0.1, 0.15) is 11.6 Å². The Hall–Kier alpha value is -3.76. The normalized spacial score (nSPS) is 10.5. The number of benzene rings is 3. The Bertz CT molecular complexity index is 1210. The van der Waals surface area contributed by atoms with Crippen molar-refractivity contribution in [2.75, 3.05) is 0 Å². The summed E-state index contributed by atoms with van der Waals surface area (Å²) in [7, 11) is 0. The Morgan fingerprint density at radius 3 is 1.76 bits per heavy atom. The number of hydrogen-bond donors (Lipinski definition) is 0. The zero-order chi connectivity index (χ0) is 24.2. The SMILES string of the molecule is CCCC#Cc1ccc(N=Nc2ccc(C#Cc3c(F)cc(CCCCC)cc3F)cc2)cc1. The van der Waals surface area contributed by atoms with Crippen molar-refractivity contribution < 1.29 is 8.78 Å². The summed E-state index contributed by atoms with van der Waals surface area (Å²) in [6, 6.07) is 17.4. The number of halogens is 2. The Labute approximate surface area is 201 Å². The highest BCUT2D eigenvalue weighted by atomic mass is 19.1. The molecule has 3 aromatic rings. The Balaban J connectivity index is 1.64. The topological polar surface area (TPSA) is 24.7 Å². The summed E-state index contributed by atoms with van der Waals surface area (Å²) in [5, 5.41) is 8.47. The van der Waals surface area contributed by atoms with E-state index in [9.17, 15) is 8.78 Å². The van der Waals surface area contributed by atoms with Gasteiger partial charge in [-0.1, -0.05) is 50.4 Å². The fourth-order valence-corrected chi connectivity index (χ4v) is 3.23. The smallest absolute Gasteiger partial charge is 0.142 e. The fourth-order valence-electron chi connectivity index (χ4n) is 3.23. The lowest BCUT2D eigenvalue weighted by Gasteiger charge is -2.04. The lowest BCUT2D eigenvalue weighted by atomic mass is 10.0. The molecule has 3 rings (SSSR count). The molecule has 0 bridgehead atoms. The third kappa shape index (κ3) is 7.68. The average molecular weight is 455 g/mol. The second kappa shape index (κ2) is 13.1. The van der Waals surface area contributed by atoms with Gasteiger partial charge in [0.05, 0.1) is 16.9 Å². The van der Waals surface area contributed by atoms with Crippen LogP contribution in [0.5, 0.6) is 0 Å². The summed E-state index contributed by atoms with van der Waals surface area (Å²) in [5.41, 5.74) is 3.45. The van der Waals surface area contributed by atoms with Crippen LogP contribution in [-0.2, 0) is 6.42 Å². The summed E-state index contributed by atoms with van der Waals surface area (Å²) < 4.78 is 28.7. The van der Waals surface area contributed by atoms with Crippen LogP contribution in [0.25, 0.3) is 0 Å². The molecule has 0 radical (unpaired) electrons. The van der Waals surface area contributed by atoms with Gasteiger partial charge in [-0.3, -0.25) is 0 Å².